The standard InChI is InChI=1S/C13H15N5O3/c1-3-21-12(19)8-4-7(8)5-18-6-15-9-10(18)16-13(14)17-11(9)20-2/h5-6,8H,3-4H2,1-2H3,(H2,14,16,17)/b7-5+. The van der Waals surface area contributed by atoms with Crippen LogP contribution in [0.2, 0.25) is 0 Å². The lowest BCUT2D eigenvalue weighted by molar-refractivity contribution is -0.144. The molecule has 1 fully saturated rings. The van der Waals surface area contributed by atoms with E-state index in [1.165, 1.54) is 7.11 Å². The first-order chi connectivity index (χ1) is 10.1. The van der Waals surface area contributed by atoms with Crippen molar-refractivity contribution in [2.24, 2.45) is 5.92 Å². The number of imidazole rings is 1. The smallest absolute Gasteiger partial charge is 0.313 e. The molecule has 1 atom stereocenters. The molecule has 8 nitrogen and oxygen atoms in total. The summed E-state index contributed by atoms with van der Waals surface area (Å²) in [5, 5.41) is 0. The minimum Gasteiger partial charge on any atom is -0.479 e. The number of methoxy groups -OCH3 is 1. The number of ether oxygens (including phenoxy) is 2. The summed E-state index contributed by atoms with van der Waals surface area (Å²) >= 11 is 0. The molecule has 1 saturated carbocycles. The molecule has 0 bridgehead atoms. The van der Waals surface area contributed by atoms with E-state index in [4.69, 9.17) is 15.2 Å². The lowest BCUT2D eigenvalue weighted by Gasteiger charge is -2.01. The molecule has 0 spiro atoms. The Morgan fingerprint density at radius 2 is 2.38 bits per heavy atom. The second-order valence-electron chi connectivity index (χ2n) is 4.63. The Kier molecular flexibility index (Phi) is 3.20. The van der Waals surface area contributed by atoms with Crippen LogP contribution in [0.1, 0.15) is 13.3 Å². The zero-order valence-corrected chi connectivity index (χ0v) is 11.7. The Labute approximate surface area is 120 Å². The zero-order valence-electron chi connectivity index (χ0n) is 11.7. The topological polar surface area (TPSA) is 105 Å². The fourth-order valence-corrected chi connectivity index (χ4v) is 2.12. The number of anilines is 1. The molecular weight excluding hydrogens is 274 g/mol. The molecule has 0 aromatic carbocycles. The van der Waals surface area contributed by atoms with Gasteiger partial charge in [-0.15, -0.1) is 0 Å². The molecule has 2 N–H and O–H groups in total. The van der Waals surface area contributed by atoms with Gasteiger partial charge in [0.2, 0.25) is 11.8 Å². The van der Waals surface area contributed by atoms with Gasteiger partial charge in [0.15, 0.2) is 11.2 Å². The molecule has 2 heterocycles. The van der Waals surface area contributed by atoms with Crippen LogP contribution in [0, 0.1) is 5.92 Å². The van der Waals surface area contributed by atoms with Gasteiger partial charge in [0.05, 0.1) is 19.6 Å². The van der Waals surface area contributed by atoms with Crippen molar-refractivity contribution in [1.29, 1.82) is 0 Å². The molecule has 3 rings (SSSR count). The molecule has 0 aliphatic heterocycles. The third kappa shape index (κ3) is 2.39. The molecule has 0 amide bonds. The first-order valence-corrected chi connectivity index (χ1v) is 6.55. The lowest BCUT2D eigenvalue weighted by atomic mass is 10.4. The molecule has 1 aliphatic carbocycles. The monoisotopic (exact) mass is 289 g/mol. The van der Waals surface area contributed by atoms with Crippen LogP contribution in [0.15, 0.2) is 11.9 Å². The van der Waals surface area contributed by atoms with E-state index in [9.17, 15) is 4.79 Å². The maximum atomic E-state index is 11.6. The zero-order chi connectivity index (χ0) is 15.0. The lowest BCUT2D eigenvalue weighted by Crippen LogP contribution is -2.05. The van der Waals surface area contributed by atoms with Gasteiger partial charge in [0.25, 0.3) is 0 Å². The van der Waals surface area contributed by atoms with E-state index in [0.29, 0.717) is 30.1 Å². The van der Waals surface area contributed by atoms with Gasteiger partial charge in [-0.1, -0.05) is 0 Å². The van der Waals surface area contributed by atoms with Crippen LogP contribution < -0.4 is 10.5 Å². The number of nitrogens with two attached hydrogens (primary N) is 1. The van der Waals surface area contributed by atoms with E-state index in [1.807, 2.05) is 6.20 Å². The van der Waals surface area contributed by atoms with Gasteiger partial charge >= 0.3 is 5.97 Å². The molecule has 8 heteroatoms. The van der Waals surface area contributed by atoms with Crippen molar-refractivity contribution in [3.05, 3.63) is 11.9 Å². The predicted octanol–water partition coefficient (Wildman–Crippen LogP) is 0.841. The van der Waals surface area contributed by atoms with E-state index in [-0.39, 0.29) is 17.8 Å². The van der Waals surface area contributed by atoms with Crippen LogP contribution in [-0.2, 0) is 9.53 Å². The number of nitrogens with zero attached hydrogens (tertiary/aromatic N) is 4. The minimum atomic E-state index is -0.195. The SMILES string of the molecule is CCOC(=O)C1C/C1=C\n1cnc2c(OC)nc(N)nc21. The van der Waals surface area contributed by atoms with Gasteiger partial charge in [0, 0.05) is 6.20 Å². The average molecular weight is 289 g/mol. The largest absolute Gasteiger partial charge is 0.479 e. The van der Waals surface area contributed by atoms with Crippen molar-refractivity contribution < 1.29 is 14.3 Å². The van der Waals surface area contributed by atoms with Crippen LogP contribution >= 0.6 is 0 Å². The van der Waals surface area contributed by atoms with Gasteiger partial charge in [0.1, 0.15) is 6.33 Å². The van der Waals surface area contributed by atoms with Crippen LogP contribution in [0.3, 0.4) is 0 Å². The maximum Gasteiger partial charge on any atom is 0.313 e. The van der Waals surface area contributed by atoms with Gasteiger partial charge in [-0.3, -0.25) is 9.36 Å². The Morgan fingerprint density at radius 3 is 3.10 bits per heavy atom. The third-order valence-electron chi connectivity index (χ3n) is 3.20. The van der Waals surface area contributed by atoms with E-state index in [1.54, 1.807) is 17.8 Å². The predicted molar refractivity (Wildman–Crippen MR) is 75.3 cm³/mol. The summed E-state index contributed by atoms with van der Waals surface area (Å²) in [6.45, 7) is 2.18. The normalized spacial score (nSPS) is 19.0. The Hall–Kier alpha value is -2.64. The molecule has 2 aromatic rings. The fourth-order valence-electron chi connectivity index (χ4n) is 2.12. The Balaban J connectivity index is 1.93. The second kappa shape index (κ2) is 5.04. The highest BCUT2D eigenvalue weighted by atomic mass is 16.5. The van der Waals surface area contributed by atoms with Gasteiger partial charge < -0.3 is 15.2 Å². The van der Waals surface area contributed by atoms with Crippen LogP contribution in [0.5, 0.6) is 5.88 Å². The van der Waals surface area contributed by atoms with Crippen molar-refractivity contribution in [2.75, 3.05) is 19.5 Å². The molecule has 21 heavy (non-hydrogen) atoms. The van der Waals surface area contributed by atoms with Crippen molar-refractivity contribution in [3.63, 3.8) is 0 Å². The summed E-state index contributed by atoms with van der Waals surface area (Å²) < 4.78 is 11.8. The number of esters is 1. The van der Waals surface area contributed by atoms with Crippen molar-refractivity contribution in [1.82, 2.24) is 19.5 Å². The van der Waals surface area contributed by atoms with E-state index >= 15 is 0 Å². The summed E-state index contributed by atoms with van der Waals surface area (Å²) in [6, 6.07) is 0. The number of fused-ring (bicyclic) bond motifs is 1. The summed E-state index contributed by atoms with van der Waals surface area (Å²) in [7, 11) is 1.50. The summed E-state index contributed by atoms with van der Waals surface area (Å²) in [4.78, 5) is 23.9. The molecule has 0 saturated heterocycles. The van der Waals surface area contributed by atoms with Crippen LogP contribution in [0.25, 0.3) is 17.4 Å². The Morgan fingerprint density at radius 1 is 1.57 bits per heavy atom. The maximum absolute atomic E-state index is 11.6. The van der Waals surface area contributed by atoms with Crippen LogP contribution in [-0.4, -0.2) is 39.2 Å². The van der Waals surface area contributed by atoms with Crippen molar-refractivity contribution >= 4 is 29.3 Å². The molecule has 1 unspecified atom stereocenters. The minimum absolute atomic E-state index is 0.109. The number of aromatic nitrogens is 4. The van der Waals surface area contributed by atoms with Crippen molar-refractivity contribution in [3.8, 4) is 5.88 Å². The molecular formula is C13H15N5O3. The summed E-state index contributed by atoms with van der Waals surface area (Å²) in [6.07, 6.45) is 4.11. The van der Waals surface area contributed by atoms with Crippen LogP contribution in [0.4, 0.5) is 5.95 Å². The molecule has 0 radical (unpaired) electrons. The number of nitrogen functional groups attached to an aromatic ring is 1. The second-order valence-corrected chi connectivity index (χ2v) is 4.63. The summed E-state index contributed by atoms with van der Waals surface area (Å²) in [5.74, 6) is 0.0769. The average Bonchev–Trinajstić information content (AvgIpc) is 3.12. The van der Waals surface area contributed by atoms with E-state index in [0.717, 1.165) is 5.57 Å². The Bertz CT molecular complexity index is 737. The van der Waals surface area contributed by atoms with Crippen molar-refractivity contribution in [2.45, 2.75) is 13.3 Å². The third-order valence-corrected chi connectivity index (χ3v) is 3.20. The number of hydrogen-bond acceptors (Lipinski definition) is 7. The number of carbonyl (C=O) groups excluding carboxylic acids is 1. The molecule has 2 aromatic heterocycles. The highest BCUT2D eigenvalue weighted by Gasteiger charge is 2.38. The number of rotatable bonds is 4. The van der Waals surface area contributed by atoms with Gasteiger partial charge in [-0.05, 0) is 18.9 Å². The molecule has 110 valence electrons. The molecule has 1 aliphatic rings. The van der Waals surface area contributed by atoms with E-state index < -0.39 is 0 Å². The quantitative estimate of drug-likeness (QED) is 0.831. The highest BCUT2D eigenvalue weighted by Crippen LogP contribution is 2.39. The summed E-state index contributed by atoms with van der Waals surface area (Å²) in [5.41, 5.74) is 7.70. The fraction of sp³-hybridized carbons (Fsp3) is 0.385. The van der Waals surface area contributed by atoms with E-state index in [2.05, 4.69) is 15.0 Å². The first-order valence-electron chi connectivity index (χ1n) is 6.55. The number of hydrogen-bond donors (Lipinski definition) is 1. The first kappa shape index (κ1) is 13.3. The van der Waals surface area contributed by atoms with Gasteiger partial charge in [-0.2, -0.15) is 9.97 Å². The highest BCUT2D eigenvalue weighted by molar-refractivity contribution is 5.84. The number of carbonyl (C=O) groups is 1. The van der Waals surface area contributed by atoms with Gasteiger partial charge in [-0.25, -0.2) is 4.98 Å².